The highest BCUT2D eigenvalue weighted by molar-refractivity contribution is 5.59. The van der Waals surface area contributed by atoms with Crippen molar-refractivity contribution < 1.29 is 13.9 Å². The van der Waals surface area contributed by atoms with Gasteiger partial charge in [0.1, 0.15) is 29.9 Å². The molecule has 2 saturated heterocycles. The third kappa shape index (κ3) is 3.79. The van der Waals surface area contributed by atoms with Crippen LogP contribution in [0.2, 0.25) is 0 Å². The minimum atomic E-state index is -0.276. The van der Waals surface area contributed by atoms with Gasteiger partial charge in [0.05, 0.1) is 24.8 Å². The molecule has 2 atom stereocenters. The van der Waals surface area contributed by atoms with Crippen molar-refractivity contribution in [1.82, 2.24) is 4.98 Å². The molecule has 2 aliphatic rings. The van der Waals surface area contributed by atoms with E-state index >= 15 is 0 Å². The smallest absolute Gasteiger partial charge is 0.147 e. The molecule has 1 aromatic carbocycles. The molecule has 4 rings (SSSR count). The van der Waals surface area contributed by atoms with Crippen LogP contribution in [0.1, 0.15) is 16.8 Å². The van der Waals surface area contributed by atoms with E-state index in [-0.39, 0.29) is 24.1 Å². The standard InChI is InChI=1S/C21H23FN4O2/c1-13-6-14(2)24-21(18(13)8-23)26-9-19-20(10-26)28-12-17(11-27-19)25-16-5-3-4-15(22)7-16/h3-7,17,19-20,25H,9-12H2,1-2H3/t19-,20-/m0/s1. The molecule has 6 nitrogen and oxygen atoms in total. The molecule has 7 heteroatoms. The maximum absolute atomic E-state index is 13.4. The van der Waals surface area contributed by atoms with Gasteiger partial charge in [-0.15, -0.1) is 0 Å². The van der Waals surface area contributed by atoms with Crippen LogP contribution in [0, 0.1) is 31.0 Å². The Bertz CT molecular complexity index is 898. The van der Waals surface area contributed by atoms with Gasteiger partial charge >= 0.3 is 0 Å². The van der Waals surface area contributed by atoms with E-state index in [1.807, 2.05) is 26.0 Å². The number of fused-ring (bicyclic) bond motifs is 1. The SMILES string of the molecule is Cc1cc(C)c(C#N)c(N2C[C@@H]3OCC(Nc4cccc(F)c4)CO[C@H]3C2)n1. The zero-order chi connectivity index (χ0) is 19.7. The van der Waals surface area contributed by atoms with Crippen LogP contribution in [-0.4, -0.2) is 49.5 Å². The summed E-state index contributed by atoms with van der Waals surface area (Å²) in [6, 6.07) is 10.5. The lowest BCUT2D eigenvalue weighted by Gasteiger charge is -2.22. The van der Waals surface area contributed by atoms with Crippen LogP contribution in [0.15, 0.2) is 30.3 Å². The number of hydrogen-bond donors (Lipinski definition) is 1. The van der Waals surface area contributed by atoms with Crippen LogP contribution >= 0.6 is 0 Å². The van der Waals surface area contributed by atoms with Crippen molar-refractivity contribution >= 4 is 11.5 Å². The minimum Gasteiger partial charge on any atom is -0.378 e. The lowest BCUT2D eigenvalue weighted by molar-refractivity contribution is -0.00461. The van der Waals surface area contributed by atoms with Crippen molar-refractivity contribution in [3.63, 3.8) is 0 Å². The normalized spacial score (nSPS) is 22.4. The molecular formula is C21H23FN4O2. The van der Waals surface area contributed by atoms with Crippen LogP contribution in [0.3, 0.4) is 0 Å². The quantitative estimate of drug-likeness (QED) is 0.880. The van der Waals surface area contributed by atoms with E-state index in [9.17, 15) is 9.65 Å². The van der Waals surface area contributed by atoms with Crippen LogP contribution < -0.4 is 10.2 Å². The molecule has 3 heterocycles. The predicted octanol–water partition coefficient (Wildman–Crippen LogP) is 2.79. The molecule has 0 bridgehead atoms. The van der Waals surface area contributed by atoms with Crippen molar-refractivity contribution in [3.05, 3.63) is 53.0 Å². The number of pyridine rings is 1. The number of nitriles is 1. The Morgan fingerprint density at radius 2 is 1.89 bits per heavy atom. The third-order valence-electron chi connectivity index (χ3n) is 5.17. The van der Waals surface area contributed by atoms with Crippen LogP contribution in [-0.2, 0) is 9.47 Å². The molecule has 0 saturated carbocycles. The summed E-state index contributed by atoms with van der Waals surface area (Å²) in [5.41, 5.74) is 3.13. The van der Waals surface area contributed by atoms with Crippen molar-refractivity contribution in [1.29, 1.82) is 5.26 Å². The fourth-order valence-corrected chi connectivity index (χ4v) is 3.85. The molecule has 146 valence electrons. The summed E-state index contributed by atoms with van der Waals surface area (Å²) in [5, 5.41) is 12.8. The van der Waals surface area contributed by atoms with Gasteiger partial charge in [-0.3, -0.25) is 0 Å². The van der Waals surface area contributed by atoms with Gasteiger partial charge in [-0.25, -0.2) is 9.37 Å². The van der Waals surface area contributed by atoms with Gasteiger partial charge in [-0.1, -0.05) is 6.07 Å². The Hall–Kier alpha value is -2.69. The van der Waals surface area contributed by atoms with E-state index in [1.165, 1.54) is 12.1 Å². The summed E-state index contributed by atoms with van der Waals surface area (Å²) in [5.74, 6) is 0.428. The summed E-state index contributed by atoms with van der Waals surface area (Å²) in [6.45, 7) is 6.06. The van der Waals surface area contributed by atoms with E-state index in [2.05, 4.69) is 21.3 Å². The van der Waals surface area contributed by atoms with Gasteiger partial charge in [0.2, 0.25) is 0 Å². The lowest BCUT2D eigenvalue weighted by Crippen LogP contribution is -2.31. The van der Waals surface area contributed by atoms with E-state index < -0.39 is 0 Å². The molecule has 28 heavy (non-hydrogen) atoms. The molecule has 1 N–H and O–H groups in total. The van der Waals surface area contributed by atoms with E-state index in [4.69, 9.17) is 9.47 Å². The molecule has 1 aromatic heterocycles. The van der Waals surface area contributed by atoms with E-state index in [0.717, 1.165) is 11.3 Å². The molecule has 0 aliphatic carbocycles. The number of hydrogen-bond acceptors (Lipinski definition) is 6. The highest BCUT2D eigenvalue weighted by atomic mass is 19.1. The van der Waals surface area contributed by atoms with Crippen LogP contribution in [0.25, 0.3) is 0 Å². The fraction of sp³-hybridized carbons (Fsp3) is 0.429. The number of benzene rings is 1. The Morgan fingerprint density at radius 1 is 1.18 bits per heavy atom. The molecule has 2 fully saturated rings. The molecule has 2 aliphatic heterocycles. The van der Waals surface area contributed by atoms with Gasteiger partial charge in [-0.05, 0) is 43.7 Å². The summed E-state index contributed by atoms with van der Waals surface area (Å²) >= 11 is 0. The van der Waals surface area contributed by atoms with E-state index in [0.29, 0.717) is 43.4 Å². The number of nitrogens with one attached hydrogen (secondary N) is 1. The summed E-state index contributed by atoms with van der Waals surface area (Å²) in [4.78, 5) is 6.67. The minimum absolute atomic E-state index is 0.0464. The van der Waals surface area contributed by atoms with Gasteiger partial charge in [0.15, 0.2) is 0 Å². The van der Waals surface area contributed by atoms with Crippen molar-refractivity contribution in [2.24, 2.45) is 0 Å². The van der Waals surface area contributed by atoms with Crippen LogP contribution in [0.4, 0.5) is 15.9 Å². The van der Waals surface area contributed by atoms with Gasteiger partial charge in [-0.2, -0.15) is 5.26 Å². The highest BCUT2D eigenvalue weighted by Gasteiger charge is 2.38. The molecule has 0 amide bonds. The number of rotatable bonds is 3. The second-order valence-electron chi connectivity index (χ2n) is 7.39. The zero-order valence-corrected chi connectivity index (χ0v) is 16.0. The number of nitrogens with zero attached hydrogens (tertiary/aromatic N) is 3. The first kappa shape index (κ1) is 18.7. The largest absolute Gasteiger partial charge is 0.378 e. The van der Waals surface area contributed by atoms with Gasteiger partial charge < -0.3 is 19.7 Å². The van der Waals surface area contributed by atoms with Crippen molar-refractivity contribution in [2.45, 2.75) is 32.1 Å². The summed E-state index contributed by atoms with van der Waals surface area (Å²) in [6.07, 6.45) is -0.179. The molecular weight excluding hydrogens is 359 g/mol. The van der Waals surface area contributed by atoms with Gasteiger partial charge in [0.25, 0.3) is 0 Å². The lowest BCUT2D eigenvalue weighted by atomic mass is 10.1. The maximum atomic E-state index is 13.4. The Morgan fingerprint density at radius 3 is 2.54 bits per heavy atom. The van der Waals surface area contributed by atoms with E-state index in [1.54, 1.807) is 6.07 Å². The Kier molecular flexibility index (Phi) is 5.16. The second kappa shape index (κ2) is 7.74. The van der Waals surface area contributed by atoms with Gasteiger partial charge in [0, 0.05) is 24.5 Å². The summed E-state index contributed by atoms with van der Waals surface area (Å²) < 4.78 is 25.6. The number of halogens is 1. The number of ether oxygens (including phenoxy) is 2. The Balaban J connectivity index is 1.43. The van der Waals surface area contributed by atoms with Crippen LogP contribution in [0.5, 0.6) is 0 Å². The monoisotopic (exact) mass is 382 g/mol. The molecule has 0 unspecified atom stereocenters. The average molecular weight is 382 g/mol. The first-order chi connectivity index (χ1) is 13.5. The zero-order valence-electron chi connectivity index (χ0n) is 16.0. The predicted molar refractivity (Wildman–Crippen MR) is 104 cm³/mol. The first-order valence-electron chi connectivity index (χ1n) is 9.42. The maximum Gasteiger partial charge on any atom is 0.147 e. The third-order valence-corrected chi connectivity index (χ3v) is 5.17. The Labute approximate surface area is 163 Å². The average Bonchev–Trinajstić information content (AvgIpc) is 2.97. The number of aromatic nitrogens is 1. The van der Waals surface area contributed by atoms with Crippen molar-refractivity contribution in [3.8, 4) is 6.07 Å². The van der Waals surface area contributed by atoms with Crippen molar-refractivity contribution in [2.75, 3.05) is 36.5 Å². The first-order valence-corrected chi connectivity index (χ1v) is 9.42. The topological polar surface area (TPSA) is 70.4 Å². The number of anilines is 2. The molecule has 0 spiro atoms. The molecule has 2 aromatic rings. The fourth-order valence-electron chi connectivity index (χ4n) is 3.85. The highest BCUT2D eigenvalue weighted by Crippen LogP contribution is 2.29. The molecule has 0 radical (unpaired) electrons. The number of aryl methyl sites for hydroxylation is 2. The summed E-state index contributed by atoms with van der Waals surface area (Å²) in [7, 11) is 0. The second-order valence-corrected chi connectivity index (χ2v) is 7.39.